The topological polar surface area (TPSA) is 50.2 Å². The normalized spacial score (nSPS) is 12.0. The second kappa shape index (κ2) is 9.47. The summed E-state index contributed by atoms with van der Waals surface area (Å²) >= 11 is 0. The number of allylic oxidation sites excluding steroid dienone is 1. The van der Waals surface area contributed by atoms with Crippen LogP contribution in [0.2, 0.25) is 0 Å². The zero-order valence-corrected chi connectivity index (χ0v) is 15.1. The Morgan fingerprint density at radius 1 is 1.04 bits per heavy atom. The first-order chi connectivity index (χ1) is 12.9. The van der Waals surface area contributed by atoms with Crippen molar-refractivity contribution in [1.29, 1.82) is 0 Å². The van der Waals surface area contributed by atoms with Gasteiger partial charge in [0.25, 0.3) is 0 Å². The highest BCUT2D eigenvalue weighted by Crippen LogP contribution is 2.19. The van der Waals surface area contributed by atoms with Crippen LogP contribution in [0.5, 0.6) is 0 Å². The standard InChI is InChI=1S/C22H24N4/c1-2-3-5-12-19(15-18-10-6-4-7-11-18)16-23-25-22-21-14-9-8-13-20(21)17-24-26-22/h4,6-11,13-17H,2-3,5,12H2,1H3,(H,25,26). The zero-order chi connectivity index (χ0) is 18.0. The first kappa shape index (κ1) is 17.8. The van der Waals surface area contributed by atoms with E-state index in [0.717, 1.165) is 23.6 Å². The molecule has 0 radical (unpaired) electrons. The minimum Gasteiger partial charge on any atom is -0.259 e. The molecule has 0 atom stereocenters. The Morgan fingerprint density at radius 2 is 1.85 bits per heavy atom. The van der Waals surface area contributed by atoms with E-state index < -0.39 is 0 Å². The average molecular weight is 344 g/mol. The molecule has 0 unspecified atom stereocenters. The fourth-order valence-electron chi connectivity index (χ4n) is 2.80. The van der Waals surface area contributed by atoms with Gasteiger partial charge >= 0.3 is 0 Å². The van der Waals surface area contributed by atoms with Crippen LogP contribution in [-0.4, -0.2) is 16.4 Å². The van der Waals surface area contributed by atoms with Crippen LogP contribution in [0, 0.1) is 0 Å². The van der Waals surface area contributed by atoms with Gasteiger partial charge in [-0.15, -0.1) is 5.10 Å². The molecule has 0 bridgehead atoms. The summed E-state index contributed by atoms with van der Waals surface area (Å²) in [7, 11) is 0. The molecule has 0 saturated heterocycles. The molecule has 132 valence electrons. The number of unbranched alkanes of at least 4 members (excludes halogenated alkanes) is 2. The van der Waals surface area contributed by atoms with Crippen molar-refractivity contribution in [2.45, 2.75) is 32.6 Å². The third kappa shape index (κ3) is 4.99. The van der Waals surface area contributed by atoms with Crippen molar-refractivity contribution in [3.05, 3.63) is 71.9 Å². The van der Waals surface area contributed by atoms with Crippen LogP contribution in [0.15, 0.2) is 71.5 Å². The highest BCUT2D eigenvalue weighted by molar-refractivity contribution is 5.91. The molecule has 2 aromatic carbocycles. The highest BCUT2D eigenvalue weighted by Gasteiger charge is 2.01. The van der Waals surface area contributed by atoms with Gasteiger partial charge in [0.2, 0.25) is 0 Å². The Kier molecular flexibility index (Phi) is 6.48. The van der Waals surface area contributed by atoms with Crippen molar-refractivity contribution in [3.8, 4) is 0 Å². The maximum atomic E-state index is 4.42. The molecule has 0 aliphatic carbocycles. The van der Waals surface area contributed by atoms with Gasteiger partial charge in [-0.25, -0.2) is 0 Å². The molecule has 3 rings (SSSR count). The maximum absolute atomic E-state index is 4.42. The molecule has 0 fully saturated rings. The monoisotopic (exact) mass is 344 g/mol. The Morgan fingerprint density at radius 3 is 2.69 bits per heavy atom. The van der Waals surface area contributed by atoms with E-state index in [1.807, 2.05) is 36.5 Å². The fraction of sp³-hybridized carbons (Fsp3) is 0.227. The molecule has 0 spiro atoms. The van der Waals surface area contributed by atoms with Crippen LogP contribution in [0.3, 0.4) is 0 Å². The SMILES string of the molecule is CCCCCC(C=NNc1nncc2ccccc12)=Cc1ccccc1. The zero-order valence-electron chi connectivity index (χ0n) is 15.1. The number of benzene rings is 2. The first-order valence-corrected chi connectivity index (χ1v) is 9.12. The molecule has 1 aromatic heterocycles. The van der Waals surface area contributed by atoms with Gasteiger partial charge in [-0.2, -0.15) is 10.2 Å². The molecular weight excluding hydrogens is 320 g/mol. The average Bonchev–Trinajstić information content (AvgIpc) is 2.69. The summed E-state index contributed by atoms with van der Waals surface area (Å²) in [5.74, 6) is 0.673. The van der Waals surface area contributed by atoms with E-state index in [0.29, 0.717) is 5.82 Å². The molecule has 4 nitrogen and oxygen atoms in total. The van der Waals surface area contributed by atoms with Crippen molar-refractivity contribution >= 4 is 28.9 Å². The lowest BCUT2D eigenvalue weighted by Crippen LogP contribution is -1.97. The lowest BCUT2D eigenvalue weighted by molar-refractivity contribution is 0.724. The van der Waals surface area contributed by atoms with E-state index in [4.69, 9.17) is 0 Å². The molecule has 1 N–H and O–H groups in total. The van der Waals surface area contributed by atoms with Crippen LogP contribution >= 0.6 is 0 Å². The van der Waals surface area contributed by atoms with Gasteiger partial charge in [0.1, 0.15) is 0 Å². The summed E-state index contributed by atoms with van der Waals surface area (Å²) in [6, 6.07) is 18.4. The van der Waals surface area contributed by atoms with Crippen molar-refractivity contribution in [2.75, 3.05) is 5.43 Å². The van der Waals surface area contributed by atoms with Crippen molar-refractivity contribution in [3.63, 3.8) is 0 Å². The molecular formula is C22H24N4. The number of nitrogens with zero attached hydrogens (tertiary/aromatic N) is 3. The Bertz CT molecular complexity index is 880. The predicted octanol–water partition coefficient (Wildman–Crippen LogP) is 5.69. The Labute approximate surface area is 154 Å². The molecule has 0 aliphatic heterocycles. The van der Waals surface area contributed by atoms with E-state index in [-0.39, 0.29) is 0 Å². The third-order valence-electron chi connectivity index (χ3n) is 4.19. The van der Waals surface area contributed by atoms with Gasteiger partial charge in [0.15, 0.2) is 5.82 Å². The number of hydrogen-bond donors (Lipinski definition) is 1. The largest absolute Gasteiger partial charge is 0.259 e. The third-order valence-corrected chi connectivity index (χ3v) is 4.19. The van der Waals surface area contributed by atoms with Crippen LogP contribution < -0.4 is 5.43 Å². The lowest BCUT2D eigenvalue weighted by Gasteiger charge is -2.05. The van der Waals surface area contributed by atoms with E-state index in [1.54, 1.807) is 6.20 Å². The summed E-state index contributed by atoms with van der Waals surface area (Å²) in [4.78, 5) is 0. The minimum atomic E-state index is 0.673. The van der Waals surface area contributed by atoms with Crippen molar-refractivity contribution in [1.82, 2.24) is 10.2 Å². The molecule has 4 heteroatoms. The van der Waals surface area contributed by atoms with Crippen LogP contribution in [0.25, 0.3) is 16.8 Å². The van der Waals surface area contributed by atoms with Crippen molar-refractivity contribution in [2.24, 2.45) is 5.10 Å². The maximum Gasteiger partial charge on any atom is 0.176 e. The van der Waals surface area contributed by atoms with E-state index in [9.17, 15) is 0 Å². The predicted molar refractivity (Wildman–Crippen MR) is 110 cm³/mol. The number of aromatic nitrogens is 2. The first-order valence-electron chi connectivity index (χ1n) is 9.12. The van der Waals surface area contributed by atoms with Gasteiger partial charge in [0, 0.05) is 10.8 Å². The smallest absolute Gasteiger partial charge is 0.176 e. The molecule has 0 saturated carbocycles. The van der Waals surface area contributed by atoms with Crippen LogP contribution in [0.4, 0.5) is 5.82 Å². The Balaban J connectivity index is 1.76. The summed E-state index contributed by atoms with van der Waals surface area (Å²) < 4.78 is 0. The van der Waals surface area contributed by atoms with Gasteiger partial charge < -0.3 is 0 Å². The van der Waals surface area contributed by atoms with Gasteiger partial charge in [-0.05, 0) is 24.0 Å². The molecule has 0 amide bonds. The number of rotatable bonds is 8. The molecule has 3 aromatic rings. The minimum absolute atomic E-state index is 0.673. The summed E-state index contributed by atoms with van der Waals surface area (Å²) in [6.45, 7) is 2.22. The molecule has 26 heavy (non-hydrogen) atoms. The van der Waals surface area contributed by atoms with Crippen LogP contribution in [-0.2, 0) is 0 Å². The number of fused-ring (bicyclic) bond motifs is 1. The van der Waals surface area contributed by atoms with Gasteiger partial charge in [-0.1, -0.05) is 80.4 Å². The number of nitrogens with one attached hydrogen (secondary N) is 1. The second-order valence-corrected chi connectivity index (χ2v) is 6.24. The highest BCUT2D eigenvalue weighted by atomic mass is 15.3. The fourth-order valence-corrected chi connectivity index (χ4v) is 2.80. The van der Waals surface area contributed by atoms with Gasteiger partial charge in [-0.3, -0.25) is 5.43 Å². The number of hydrogen-bond acceptors (Lipinski definition) is 4. The summed E-state index contributed by atoms with van der Waals surface area (Å²) in [5, 5.41) is 14.7. The number of hydrazone groups is 1. The summed E-state index contributed by atoms with van der Waals surface area (Å²) in [6.07, 6.45) is 10.4. The second-order valence-electron chi connectivity index (χ2n) is 6.24. The quantitative estimate of drug-likeness (QED) is 0.324. The van der Waals surface area contributed by atoms with E-state index >= 15 is 0 Å². The van der Waals surface area contributed by atoms with Crippen molar-refractivity contribution < 1.29 is 0 Å². The molecule has 0 aliphatic rings. The van der Waals surface area contributed by atoms with E-state index in [2.05, 4.69) is 58.0 Å². The van der Waals surface area contributed by atoms with Gasteiger partial charge in [0.05, 0.1) is 12.4 Å². The summed E-state index contributed by atoms with van der Waals surface area (Å²) in [5.41, 5.74) is 5.44. The Hall–Kier alpha value is -3.01. The van der Waals surface area contributed by atoms with E-state index in [1.165, 1.54) is 24.0 Å². The molecule has 1 heterocycles. The lowest BCUT2D eigenvalue weighted by atomic mass is 10.1. The number of anilines is 1. The van der Waals surface area contributed by atoms with Crippen LogP contribution in [0.1, 0.15) is 38.2 Å².